The molecule has 1 aromatic heterocycles. The van der Waals surface area contributed by atoms with Gasteiger partial charge in [-0.2, -0.15) is 4.80 Å². The molecule has 3 rings (SSSR count). The number of aliphatic carboxylic acids is 1. The van der Waals surface area contributed by atoms with Crippen molar-refractivity contribution in [3.63, 3.8) is 0 Å². The summed E-state index contributed by atoms with van der Waals surface area (Å²) in [5.74, 6) is -1.56. The molecule has 23 heavy (non-hydrogen) atoms. The fraction of sp³-hybridized carbons (Fsp3) is 0.786. The van der Waals surface area contributed by atoms with E-state index < -0.39 is 11.9 Å². The molecule has 0 unspecified atom stereocenters. The molecule has 1 saturated carbocycles. The monoisotopic (exact) mass is 322 g/mol. The molecule has 9 heteroatoms. The minimum Gasteiger partial charge on any atom is -0.481 e. The molecule has 1 aromatic rings. The van der Waals surface area contributed by atoms with Gasteiger partial charge in [0.2, 0.25) is 5.91 Å². The average molecular weight is 322 g/mol. The largest absolute Gasteiger partial charge is 0.481 e. The van der Waals surface area contributed by atoms with Crippen molar-refractivity contribution in [3.05, 3.63) is 6.33 Å². The molecule has 2 fully saturated rings. The van der Waals surface area contributed by atoms with Crippen LogP contribution in [0, 0.1) is 5.92 Å². The Balaban J connectivity index is 1.66. The summed E-state index contributed by atoms with van der Waals surface area (Å²) in [6.07, 6.45) is 5.95. The highest BCUT2D eigenvalue weighted by atomic mass is 16.4. The topological polar surface area (TPSA) is 104 Å². The van der Waals surface area contributed by atoms with Gasteiger partial charge in [0, 0.05) is 32.2 Å². The van der Waals surface area contributed by atoms with Crippen LogP contribution in [0.3, 0.4) is 0 Å². The second-order valence-corrected chi connectivity index (χ2v) is 6.27. The van der Waals surface area contributed by atoms with Gasteiger partial charge in [-0.05, 0) is 18.1 Å². The summed E-state index contributed by atoms with van der Waals surface area (Å²) in [5, 5.41) is 20.6. The molecule has 126 valence electrons. The molecule has 0 spiro atoms. The zero-order chi connectivity index (χ0) is 16.2. The van der Waals surface area contributed by atoms with Gasteiger partial charge in [0.1, 0.15) is 6.54 Å². The van der Waals surface area contributed by atoms with Gasteiger partial charge in [0.05, 0.1) is 5.92 Å². The van der Waals surface area contributed by atoms with Crippen LogP contribution in [0.25, 0.3) is 0 Å². The molecule has 0 bridgehead atoms. The number of nitrogens with zero attached hydrogens (tertiary/aromatic N) is 6. The number of rotatable bonds is 4. The number of hydrogen-bond donors (Lipinski definition) is 1. The maximum atomic E-state index is 12.4. The lowest BCUT2D eigenvalue weighted by molar-refractivity contribution is -0.143. The van der Waals surface area contributed by atoms with Crippen LogP contribution in [-0.4, -0.2) is 79.2 Å². The molecular formula is C14H22N6O3. The van der Waals surface area contributed by atoms with Gasteiger partial charge in [-0.1, -0.05) is 12.8 Å². The number of aromatic nitrogens is 4. The highest BCUT2D eigenvalue weighted by Crippen LogP contribution is 2.25. The third-order valence-corrected chi connectivity index (χ3v) is 4.76. The van der Waals surface area contributed by atoms with Crippen LogP contribution in [0.4, 0.5) is 0 Å². The van der Waals surface area contributed by atoms with E-state index in [1.165, 1.54) is 24.0 Å². The lowest BCUT2D eigenvalue weighted by Gasteiger charge is -2.28. The first-order chi connectivity index (χ1) is 11.1. The van der Waals surface area contributed by atoms with E-state index in [0.29, 0.717) is 19.1 Å². The number of carbonyl (C=O) groups is 2. The highest BCUT2D eigenvalue weighted by molar-refractivity contribution is 5.77. The van der Waals surface area contributed by atoms with Crippen LogP contribution in [0.2, 0.25) is 0 Å². The van der Waals surface area contributed by atoms with Crippen molar-refractivity contribution in [2.75, 3.05) is 26.2 Å². The van der Waals surface area contributed by atoms with Crippen LogP contribution in [0.15, 0.2) is 6.33 Å². The average Bonchev–Trinajstić information content (AvgIpc) is 3.17. The van der Waals surface area contributed by atoms with Gasteiger partial charge in [0.25, 0.3) is 0 Å². The Morgan fingerprint density at radius 3 is 2.61 bits per heavy atom. The van der Waals surface area contributed by atoms with Crippen molar-refractivity contribution in [2.45, 2.75) is 38.3 Å². The van der Waals surface area contributed by atoms with Crippen molar-refractivity contribution in [1.82, 2.24) is 30.0 Å². The quantitative estimate of drug-likeness (QED) is 0.794. The minimum atomic E-state index is -0.841. The SMILES string of the molecule is O=C(O)[C@H]1CN(C(=O)Cn2ncnn2)CCN(C2CCCC2)C1. The minimum absolute atomic E-state index is 0.00420. The smallest absolute Gasteiger partial charge is 0.309 e. The maximum absolute atomic E-state index is 12.4. The summed E-state index contributed by atoms with van der Waals surface area (Å²) in [7, 11) is 0. The van der Waals surface area contributed by atoms with Gasteiger partial charge >= 0.3 is 5.97 Å². The molecular weight excluding hydrogens is 300 g/mol. The predicted molar refractivity (Wildman–Crippen MR) is 79.4 cm³/mol. The van der Waals surface area contributed by atoms with E-state index in [-0.39, 0.29) is 19.0 Å². The molecule has 1 aliphatic carbocycles. The fourth-order valence-electron chi connectivity index (χ4n) is 3.50. The molecule has 0 radical (unpaired) electrons. The zero-order valence-electron chi connectivity index (χ0n) is 13.0. The van der Waals surface area contributed by atoms with E-state index >= 15 is 0 Å². The highest BCUT2D eigenvalue weighted by Gasteiger charge is 2.33. The van der Waals surface area contributed by atoms with Crippen LogP contribution in [0.1, 0.15) is 25.7 Å². The van der Waals surface area contributed by atoms with Crippen molar-refractivity contribution < 1.29 is 14.7 Å². The zero-order valence-corrected chi connectivity index (χ0v) is 13.0. The standard InChI is InChI=1S/C14H22N6O3/c21-13(9-20-16-10-15-17-20)19-6-5-18(12-3-1-2-4-12)7-11(8-19)14(22)23/h10-12H,1-9H2,(H,22,23)/t11-/m1/s1. The Morgan fingerprint density at radius 1 is 1.17 bits per heavy atom. The second-order valence-electron chi connectivity index (χ2n) is 6.27. The molecule has 9 nitrogen and oxygen atoms in total. The Morgan fingerprint density at radius 2 is 1.96 bits per heavy atom. The van der Waals surface area contributed by atoms with E-state index in [4.69, 9.17) is 0 Å². The second kappa shape index (κ2) is 7.03. The van der Waals surface area contributed by atoms with Gasteiger partial charge < -0.3 is 10.0 Å². The molecule has 1 amide bonds. The Labute approximate surface area is 134 Å². The third-order valence-electron chi connectivity index (χ3n) is 4.76. The molecule has 1 aliphatic heterocycles. The van der Waals surface area contributed by atoms with Gasteiger partial charge in [-0.3, -0.25) is 14.5 Å². The van der Waals surface area contributed by atoms with Gasteiger partial charge in [-0.15, -0.1) is 10.2 Å². The van der Waals surface area contributed by atoms with Gasteiger partial charge in [-0.25, -0.2) is 0 Å². The normalized spacial score (nSPS) is 23.8. The third kappa shape index (κ3) is 3.84. The number of carbonyl (C=O) groups excluding carboxylic acids is 1. The summed E-state index contributed by atoms with van der Waals surface area (Å²) in [4.78, 5) is 29.0. The van der Waals surface area contributed by atoms with Crippen LogP contribution >= 0.6 is 0 Å². The number of hydrogen-bond acceptors (Lipinski definition) is 6. The van der Waals surface area contributed by atoms with Crippen molar-refractivity contribution in [2.24, 2.45) is 5.92 Å². The number of amides is 1. The summed E-state index contributed by atoms with van der Waals surface area (Å²) in [6.45, 7) is 2.03. The van der Waals surface area contributed by atoms with E-state index in [9.17, 15) is 14.7 Å². The van der Waals surface area contributed by atoms with Crippen LogP contribution in [0.5, 0.6) is 0 Å². The van der Waals surface area contributed by atoms with Crippen LogP contribution in [-0.2, 0) is 16.1 Å². The Kier molecular flexibility index (Phi) is 4.85. The summed E-state index contributed by atoms with van der Waals surface area (Å²) in [5.41, 5.74) is 0. The predicted octanol–water partition coefficient (Wildman–Crippen LogP) is -0.539. The molecule has 2 aliphatic rings. The lowest BCUT2D eigenvalue weighted by Crippen LogP contribution is -2.40. The maximum Gasteiger partial charge on any atom is 0.309 e. The van der Waals surface area contributed by atoms with Crippen LogP contribution < -0.4 is 0 Å². The lowest BCUT2D eigenvalue weighted by atomic mass is 10.1. The number of carboxylic acid groups (broad SMARTS) is 1. The first-order valence-corrected chi connectivity index (χ1v) is 8.09. The van der Waals surface area contributed by atoms with Crippen molar-refractivity contribution >= 4 is 11.9 Å². The summed E-state index contributed by atoms with van der Waals surface area (Å²) < 4.78 is 0. The van der Waals surface area contributed by atoms with E-state index in [1.807, 2.05) is 0 Å². The van der Waals surface area contributed by atoms with Crippen molar-refractivity contribution in [1.29, 1.82) is 0 Å². The van der Waals surface area contributed by atoms with E-state index in [0.717, 1.165) is 19.4 Å². The Bertz CT molecular complexity index is 543. The molecule has 0 aromatic carbocycles. The fourth-order valence-corrected chi connectivity index (χ4v) is 3.50. The van der Waals surface area contributed by atoms with E-state index in [2.05, 4.69) is 20.3 Å². The first-order valence-electron chi connectivity index (χ1n) is 8.09. The van der Waals surface area contributed by atoms with E-state index in [1.54, 1.807) is 4.90 Å². The van der Waals surface area contributed by atoms with Crippen molar-refractivity contribution in [3.8, 4) is 0 Å². The number of carboxylic acids is 1. The summed E-state index contributed by atoms with van der Waals surface area (Å²) >= 11 is 0. The molecule has 1 N–H and O–H groups in total. The van der Waals surface area contributed by atoms with Gasteiger partial charge in [0.15, 0.2) is 6.33 Å². The first kappa shape index (κ1) is 15.9. The molecule has 2 heterocycles. The molecule has 1 saturated heterocycles. The number of tetrazole rings is 1. The molecule has 1 atom stereocenters. The summed E-state index contributed by atoms with van der Waals surface area (Å²) in [6, 6.07) is 0.462. The Hall–Kier alpha value is -2.03.